The van der Waals surface area contributed by atoms with Gasteiger partial charge in [-0.15, -0.1) is 0 Å². The minimum atomic E-state index is -0.631. The molecule has 0 aromatic heterocycles. The first-order valence-electron chi connectivity index (χ1n) is 11.9. The molecule has 2 aliphatic heterocycles. The molecule has 7 heteroatoms. The van der Waals surface area contributed by atoms with E-state index in [-0.39, 0.29) is 11.7 Å². The zero-order valence-corrected chi connectivity index (χ0v) is 19.7. The van der Waals surface area contributed by atoms with Crippen LogP contribution in [0.5, 0.6) is 5.75 Å². The first-order valence-corrected chi connectivity index (χ1v) is 11.9. The number of ether oxygens (including phenoxy) is 3. The van der Waals surface area contributed by atoms with Crippen molar-refractivity contribution in [2.75, 3.05) is 38.3 Å². The Balaban J connectivity index is 1.30. The monoisotopic (exact) mass is 446 g/mol. The first-order chi connectivity index (χ1) is 15.3. The van der Waals surface area contributed by atoms with Gasteiger partial charge in [-0.25, -0.2) is 0 Å². The number of nitrogens with one attached hydrogen (secondary N) is 1. The molecule has 178 valence electrons. The van der Waals surface area contributed by atoms with Crippen LogP contribution in [0.1, 0.15) is 57.9 Å². The molecule has 0 unspecified atom stereocenters. The molecule has 0 amide bonds. The van der Waals surface area contributed by atoms with E-state index < -0.39 is 11.4 Å². The molecule has 4 rings (SSSR count). The van der Waals surface area contributed by atoms with Crippen LogP contribution in [0.25, 0.3) is 0 Å². The number of methoxy groups -OCH3 is 1. The Labute approximate surface area is 191 Å². The second kappa shape index (κ2) is 9.57. The lowest BCUT2D eigenvalue weighted by Gasteiger charge is -2.41. The van der Waals surface area contributed by atoms with Gasteiger partial charge in [0.05, 0.1) is 30.4 Å². The highest BCUT2D eigenvalue weighted by Crippen LogP contribution is 2.50. The average molecular weight is 447 g/mol. The summed E-state index contributed by atoms with van der Waals surface area (Å²) < 4.78 is 17.7. The summed E-state index contributed by atoms with van der Waals surface area (Å²) in [6, 6.07) is 6.64. The number of hydrogen-bond donors (Lipinski definition) is 2. The van der Waals surface area contributed by atoms with Crippen LogP contribution in [0.2, 0.25) is 0 Å². The van der Waals surface area contributed by atoms with E-state index >= 15 is 0 Å². The fourth-order valence-corrected chi connectivity index (χ4v) is 5.01. The topological polar surface area (TPSA) is 80.3 Å². The minimum absolute atomic E-state index is 0.162. The average Bonchev–Trinajstić information content (AvgIpc) is 3.54. The van der Waals surface area contributed by atoms with E-state index in [0.717, 1.165) is 81.8 Å². The van der Waals surface area contributed by atoms with Crippen LogP contribution in [0.15, 0.2) is 18.2 Å². The Morgan fingerprint density at radius 1 is 1.31 bits per heavy atom. The van der Waals surface area contributed by atoms with Crippen LogP contribution < -0.4 is 15.0 Å². The Bertz CT molecular complexity index is 800. The molecule has 7 nitrogen and oxygen atoms in total. The van der Waals surface area contributed by atoms with Crippen molar-refractivity contribution in [2.24, 2.45) is 5.41 Å². The van der Waals surface area contributed by atoms with E-state index in [1.165, 1.54) is 0 Å². The third-order valence-corrected chi connectivity index (χ3v) is 7.00. The third kappa shape index (κ3) is 5.56. The lowest BCUT2D eigenvalue weighted by molar-refractivity contribution is -0.144. The van der Waals surface area contributed by atoms with E-state index in [1.54, 1.807) is 7.11 Å². The number of anilines is 1. The van der Waals surface area contributed by atoms with Gasteiger partial charge >= 0.3 is 5.97 Å². The smallest absolute Gasteiger partial charge is 0.309 e. The predicted molar refractivity (Wildman–Crippen MR) is 123 cm³/mol. The minimum Gasteiger partial charge on any atom is -0.484 e. The zero-order valence-electron chi connectivity index (χ0n) is 19.7. The predicted octanol–water partition coefficient (Wildman–Crippen LogP) is 3.59. The summed E-state index contributed by atoms with van der Waals surface area (Å²) in [6.45, 7) is 8.13. The molecule has 1 aliphatic carbocycles. The molecular weight excluding hydrogens is 408 g/mol. The second-order valence-corrected chi connectivity index (χ2v) is 10.3. The van der Waals surface area contributed by atoms with Gasteiger partial charge in [0.15, 0.2) is 0 Å². The maximum atomic E-state index is 11.4. The summed E-state index contributed by atoms with van der Waals surface area (Å²) in [4.78, 5) is 13.8. The van der Waals surface area contributed by atoms with Crippen molar-refractivity contribution in [2.45, 2.75) is 76.7 Å². The number of aliphatic carboxylic acids is 1. The molecule has 0 bridgehead atoms. The van der Waals surface area contributed by atoms with Crippen molar-refractivity contribution < 1.29 is 24.1 Å². The number of fused-ring (bicyclic) bond motifs is 1. The summed E-state index contributed by atoms with van der Waals surface area (Å²) in [6.07, 6.45) is 5.47. The second-order valence-electron chi connectivity index (χ2n) is 10.3. The molecule has 1 saturated heterocycles. The van der Waals surface area contributed by atoms with Gasteiger partial charge in [-0.2, -0.15) is 0 Å². The highest BCUT2D eigenvalue weighted by atomic mass is 16.5. The van der Waals surface area contributed by atoms with Gasteiger partial charge in [-0.05, 0) is 70.1 Å². The lowest BCUT2D eigenvalue weighted by Crippen LogP contribution is -2.47. The van der Waals surface area contributed by atoms with Gasteiger partial charge in [0.1, 0.15) is 11.4 Å². The number of nitrogens with zero attached hydrogens (tertiary/aromatic N) is 1. The molecule has 1 aromatic carbocycles. The summed E-state index contributed by atoms with van der Waals surface area (Å²) in [5.41, 5.74) is 1.60. The van der Waals surface area contributed by atoms with Crippen LogP contribution in [0.4, 0.5) is 5.69 Å². The summed E-state index contributed by atoms with van der Waals surface area (Å²) in [7, 11) is 1.74. The van der Waals surface area contributed by atoms with Gasteiger partial charge in [0.2, 0.25) is 0 Å². The number of carboxylic acids is 1. The Kier molecular flexibility index (Phi) is 6.98. The fraction of sp³-hybridized carbons (Fsp3) is 0.720. The van der Waals surface area contributed by atoms with Crippen molar-refractivity contribution in [3.63, 3.8) is 0 Å². The van der Waals surface area contributed by atoms with Gasteiger partial charge in [-0.1, -0.05) is 6.07 Å². The van der Waals surface area contributed by atoms with Gasteiger partial charge < -0.3 is 29.5 Å². The first kappa shape index (κ1) is 23.3. The summed E-state index contributed by atoms with van der Waals surface area (Å²) in [5, 5.41) is 12.9. The molecule has 0 spiro atoms. The number of carbonyl (C=O) groups is 1. The third-order valence-electron chi connectivity index (χ3n) is 7.00. The molecule has 0 radical (unpaired) electrons. The zero-order chi connectivity index (χ0) is 22.8. The Morgan fingerprint density at radius 2 is 2.12 bits per heavy atom. The number of carboxylic acid groups (broad SMARTS) is 1. The molecule has 3 aliphatic rings. The van der Waals surface area contributed by atoms with Crippen LogP contribution >= 0.6 is 0 Å². The Morgan fingerprint density at radius 3 is 2.78 bits per heavy atom. The largest absolute Gasteiger partial charge is 0.484 e. The SMILES string of the molecule is COCCCN1CC(C)(C)Oc2ccc(CO[C@@H]3CC[C@@H](CC4(C(=O)O)CC4)NC3)cc21. The highest BCUT2D eigenvalue weighted by molar-refractivity contribution is 5.77. The summed E-state index contributed by atoms with van der Waals surface area (Å²) >= 11 is 0. The fourth-order valence-electron chi connectivity index (χ4n) is 5.01. The van der Waals surface area contributed by atoms with E-state index in [2.05, 4.69) is 42.3 Å². The van der Waals surface area contributed by atoms with E-state index in [9.17, 15) is 9.90 Å². The van der Waals surface area contributed by atoms with Crippen molar-refractivity contribution in [3.05, 3.63) is 23.8 Å². The lowest BCUT2D eigenvalue weighted by atomic mass is 9.91. The van der Waals surface area contributed by atoms with Crippen LogP contribution in [-0.4, -0.2) is 62.2 Å². The van der Waals surface area contributed by atoms with E-state index in [0.29, 0.717) is 12.6 Å². The van der Waals surface area contributed by atoms with Gasteiger partial charge in [0, 0.05) is 32.8 Å². The van der Waals surface area contributed by atoms with Crippen LogP contribution in [-0.2, 0) is 20.9 Å². The van der Waals surface area contributed by atoms with Crippen molar-refractivity contribution in [1.29, 1.82) is 0 Å². The van der Waals surface area contributed by atoms with Crippen molar-refractivity contribution in [1.82, 2.24) is 5.32 Å². The number of rotatable bonds is 10. The molecule has 32 heavy (non-hydrogen) atoms. The molecule has 2 N–H and O–H groups in total. The standard InChI is InChI=1S/C25H38N2O5/c1-24(2)17-27(11-4-12-30-3)21-13-18(5-8-22(21)32-24)16-31-20-7-6-19(26-15-20)14-25(9-10-25)23(28)29/h5,8,13,19-20,26H,4,6-7,9-12,14-17H2,1-3H3,(H,28,29)/t19-,20+/m0/s1. The highest BCUT2D eigenvalue weighted by Gasteiger charge is 2.51. The molecular formula is C25H38N2O5. The molecule has 2 fully saturated rings. The normalized spacial score (nSPS) is 25.7. The van der Waals surface area contributed by atoms with Gasteiger partial charge in [-0.3, -0.25) is 4.79 Å². The Hall–Kier alpha value is -1.83. The molecule has 2 heterocycles. The van der Waals surface area contributed by atoms with Crippen LogP contribution in [0, 0.1) is 5.41 Å². The maximum absolute atomic E-state index is 11.4. The number of piperidine rings is 1. The molecule has 1 saturated carbocycles. The van der Waals surface area contributed by atoms with Crippen LogP contribution in [0.3, 0.4) is 0 Å². The van der Waals surface area contributed by atoms with Crippen molar-refractivity contribution in [3.8, 4) is 5.75 Å². The quantitative estimate of drug-likeness (QED) is 0.532. The summed E-state index contributed by atoms with van der Waals surface area (Å²) in [5.74, 6) is 0.297. The number of benzene rings is 1. The van der Waals surface area contributed by atoms with E-state index in [1.807, 2.05) is 0 Å². The maximum Gasteiger partial charge on any atom is 0.309 e. The van der Waals surface area contributed by atoms with Gasteiger partial charge in [0.25, 0.3) is 0 Å². The number of hydrogen-bond acceptors (Lipinski definition) is 6. The van der Waals surface area contributed by atoms with Crippen molar-refractivity contribution >= 4 is 11.7 Å². The molecule has 2 atom stereocenters. The molecule has 1 aromatic rings. The van der Waals surface area contributed by atoms with E-state index in [4.69, 9.17) is 14.2 Å².